The molecule has 78 heavy (non-hydrogen) atoms. The summed E-state index contributed by atoms with van der Waals surface area (Å²) in [6, 6.07) is -2.29. The Labute approximate surface area is 422 Å². The highest BCUT2D eigenvalue weighted by molar-refractivity contribution is 7.20. The predicted octanol–water partition coefficient (Wildman–Crippen LogP) is 13.0. The lowest BCUT2D eigenvalue weighted by Gasteiger charge is -2.46. The van der Waals surface area contributed by atoms with Crippen molar-refractivity contribution in [2.45, 2.75) is 69.3 Å². The van der Waals surface area contributed by atoms with Crippen LogP contribution in [-0.4, -0.2) is 29.5 Å². The number of Topliss-reactive ketones (excluding diaryl/α,β-unsaturated/α-hetero) is 1. The first kappa shape index (κ1) is 61.6. The maximum Gasteiger partial charge on any atom is 0.416 e. The summed E-state index contributed by atoms with van der Waals surface area (Å²) in [4.78, 5) is 27.7. The highest BCUT2D eigenvalue weighted by Crippen LogP contribution is 2.41. The maximum atomic E-state index is 14.2. The van der Waals surface area contributed by atoms with Gasteiger partial charge in [-0.05, 0) is 42.8 Å². The Bertz CT molecular complexity index is 2680. The summed E-state index contributed by atoms with van der Waals surface area (Å²) in [7, 11) is 0. The van der Waals surface area contributed by atoms with Gasteiger partial charge in [0.15, 0.2) is 12.4 Å². The molecule has 0 saturated heterocycles. The summed E-state index contributed by atoms with van der Waals surface area (Å²) in [6.07, 6.45) is -47.3. The standard InChI is InChI=1S/C32H12BF24.C16H17N2O3/c34-25(35,36)13-1-14(26(37,38)39)6-21(5-13)33(22-7-15(27(40,41)42)2-16(8-22)28(43,44)45,23-9-17(29(46,47)48)3-18(10-23)30(49,50)51)24-11-19(31(52,53)54)4-20(12-24)32(55,56)57;1-2-11-21-16(20)14-5-3-13(4-6-14)15(19)12-18-9-7-17-8-10-18/h1-12H;3-10H,2,11-12H2,1H3/q-1;+1. The second-order valence-electron chi connectivity index (χ2n) is 16.8. The second kappa shape index (κ2) is 21.9. The average molecular weight is 1150 g/mol. The van der Waals surface area contributed by atoms with Crippen LogP contribution in [0.2, 0.25) is 0 Å². The zero-order valence-electron chi connectivity index (χ0n) is 38.4. The van der Waals surface area contributed by atoms with E-state index in [4.69, 9.17) is 4.74 Å². The molecule has 0 fully saturated rings. The first-order valence-corrected chi connectivity index (χ1v) is 21.4. The monoisotopic (exact) mass is 1150 g/mol. The van der Waals surface area contributed by atoms with E-state index in [2.05, 4.69) is 4.98 Å². The normalized spacial score (nSPS) is 13.2. The third-order valence-electron chi connectivity index (χ3n) is 11.3. The van der Waals surface area contributed by atoms with E-state index >= 15 is 0 Å². The maximum absolute atomic E-state index is 14.2. The Morgan fingerprint density at radius 2 is 0.654 bits per heavy atom. The van der Waals surface area contributed by atoms with Crippen LogP contribution in [0.15, 0.2) is 122 Å². The summed E-state index contributed by atoms with van der Waals surface area (Å²) in [5.41, 5.74) is -29.2. The molecular formula is C48H29BF24N2O3. The van der Waals surface area contributed by atoms with Crippen LogP contribution in [0.4, 0.5) is 105 Å². The molecule has 30 heteroatoms. The van der Waals surface area contributed by atoms with E-state index in [1.54, 1.807) is 53.6 Å². The lowest BCUT2D eigenvalue weighted by molar-refractivity contribution is -0.683. The summed E-state index contributed by atoms with van der Waals surface area (Å²) < 4.78 is 348. The van der Waals surface area contributed by atoms with Gasteiger partial charge in [0.1, 0.15) is 6.15 Å². The predicted molar refractivity (Wildman–Crippen MR) is 226 cm³/mol. The number of esters is 1. The number of nitrogens with zero attached hydrogens (tertiary/aromatic N) is 2. The van der Waals surface area contributed by atoms with E-state index < -0.39 is 195 Å². The van der Waals surface area contributed by atoms with E-state index in [0.29, 0.717) is 17.7 Å². The minimum Gasteiger partial charge on any atom is -0.462 e. The molecule has 1 aromatic heterocycles. The van der Waals surface area contributed by atoms with Crippen LogP contribution in [0.25, 0.3) is 0 Å². The minimum atomic E-state index is -6.13. The molecule has 0 radical (unpaired) electrons. The van der Waals surface area contributed by atoms with E-state index in [-0.39, 0.29) is 18.3 Å². The SMILES string of the molecule is CCCOC(=O)c1ccc(C(=O)C[n+]2ccncc2)cc1.FC(F)(F)c1cc([B-](c2cc(C(F)(F)F)cc(C(F)(F)F)c2)(c2cc(C(F)(F)F)cc(C(F)(F)F)c2)c2cc(C(F)(F)F)cc(C(F)(F)F)c2)cc(C(F)(F)F)c1. The van der Waals surface area contributed by atoms with Gasteiger partial charge in [0.2, 0.25) is 12.3 Å². The number of alkyl halides is 24. The number of aromatic nitrogens is 2. The average Bonchev–Trinajstić information content (AvgIpc) is 3.35. The fourth-order valence-corrected chi connectivity index (χ4v) is 7.85. The smallest absolute Gasteiger partial charge is 0.416 e. The van der Waals surface area contributed by atoms with Crippen molar-refractivity contribution in [2.75, 3.05) is 6.61 Å². The largest absolute Gasteiger partial charge is 0.462 e. The molecule has 0 atom stereocenters. The Morgan fingerprint density at radius 3 is 0.885 bits per heavy atom. The van der Waals surface area contributed by atoms with Crippen LogP contribution in [0.3, 0.4) is 0 Å². The van der Waals surface area contributed by atoms with E-state index in [1.807, 2.05) is 6.92 Å². The van der Waals surface area contributed by atoms with Crippen molar-refractivity contribution in [1.82, 2.24) is 4.98 Å². The molecule has 420 valence electrons. The zero-order valence-corrected chi connectivity index (χ0v) is 38.4. The van der Waals surface area contributed by atoms with Gasteiger partial charge in [-0.15, -0.1) is 0 Å². The van der Waals surface area contributed by atoms with Gasteiger partial charge in [-0.3, -0.25) is 9.78 Å². The van der Waals surface area contributed by atoms with Crippen LogP contribution in [0, 0.1) is 0 Å². The summed E-state index contributed by atoms with van der Waals surface area (Å²) in [5.74, 6) is -0.390. The van der Waals surface area contributed by atoms with Gasteiger partial charge >= 0.3 is 55.4 Å². The first-order chi connectivity index (χ1) is 35.5. The van der Waals surface area contributed by atoms with Gasteiger partial charge in [-0.1, -0.05) is 67.6 Å². The topological polar surface area (TPSA) is 60.1 Å². The summed E-state index contributed by atoms with van der Waals surface area (Å²) in [6.45, 7) is 2.58. The molecule has 0 N–H and O–H groups in total. The first-order valence-electron chi connectivity index (χ1n) is 21.4. The summed E-state index contributed by atoms with van der Waals surface area (Å²) >= 11 is 0. The molecule has 5 nitrogen and oxygen atoms in total. The minimum absolute atomic E-state index is 0.0281. The van der Waals surface area contributed by atoms with E-state index in [1.165, 1.54) is 0 Å². The highest BCUT2D eigenvalue weighted by atomic mass is 19.4. The van der Waals surface area contributed by atoms with Gasteiger partial charge in [0.25, 0.3) is 0 Å². The molecular weight excluding hydrogens is 1120 g/mol. The number of carbonyl (C=O) groups is 2. The fraction of sp³-hybridized carbons (Fsp3) is 0.250. The number of ether oxygens (including phenoxy) is 1. The Morgan fingerprint density at radius 1 is 0.410 bits per heavy atom. The molecule has 0 aliphatic heterocycles. The Balaban J connectivity index is 0.000000443. The molecule has 0 saturated carbocycles. The number of benzene rings is 5. The number of hydrogen-bond donors (Lipinski definition) is 0. The van der Waals surface area contributed by atoms with Crippen LogP contribution in [-0.2, 0) is 60.7 Å². The van der Waals surface area contributed by atoms with Gasteiger partial charge in [-0.2, -0.15) is 132 Å². The van der Waals surface area contributed by atoms with Crippen LogP contribution >= 0.6 is 0 Å². The molecule has 6 rings (SSSR count). The number of halogens is 24. The van der Waals surface area contributed by atoms with Crippen molar-refractivity contribution < 1.29 is 124 Å². The second-order valence-corrected chi connectivity index (χ2v) is 16.8. The van der Waals surface area contributed by atoms with Gasteiger partial charge in [-0.25, -0.2) is 4.79 Å². The highest BCUT2D eigenvalue weighted by Gasteiger charge is 2.47. The molecule has 0 aliphatic rings. The van der Waals surface area contributed by atoms with Crippen molar-refractivity contribution in [2.24, 2.45) is 0 Å². The number of rotatable bonds is 10. The molecule has 0 aliphatic carbocycles. The Kier molecular flexibility index (Phi) is 17.2. The van der Waals surface area contributed by atoms with Crippen molar-refractivity contribution in [1.29, 1.82) is 0 Å². The van der Waals surface area contributed by atoms with Crippen molar-refractivity contribution in [3.63, 3.8) is 0 Å². The van der Waals surface area contributed by atoms with Crippen molar-refractivity contribution in [3.05, 3.63) is 177 Å². The third-order valence-corrected chi connectivity index (χ3v) is 11.3. The molecule has 0 amide bonds. The lowest BCUT2D eigenvalue weighted by atomic mass is 9.12. The number of ketones is 1. The molecule has 6 aromatic rings. The van der Waals surface area contributed by atoms with Crippen molar-refractivity contribution in [3.8, 4) is 0 Å². The van der Waals surface area contributed by atoms with Gasteiger partial charge < -0.3 is 4.74 Å². The molecule has 0 unspecified atom stereocenters. The summed E-state index contributed by atoms with van der Waals surface area (Å²) in [5, 5.41) is 0. The molecule has 5 aromatic carbocycles. The van der Waals surface area contributed by atoms with Crippen LogP contribution < -0.4 is 26.4 Å². The fourth-order valence-electron chi connectivity index (χ4n) is 7.85. The number of hydrogen-bond acceptors (Lipinski definition) is 4. The van der Waals surface area contributed by atoms with Crippen LogP contribution in [0.5, 0.6) is 0 Å². The van der Waals surface area contributed by atoms with Gasteiger partial charge in [0, 0.05) is 5.56 Å². The lowest BCUT2D eigenvalue weighted by Crippen LogP contribution is -2.75. The zero-order chi connectivity index (χ0) is 59.0. The molecule has 1 heterocycles. The third kappa shape index (κ3) is 14.6. The van der Waals surface area contributed by atoms with Crippen molar-refractivity contribution >= 4 is 39.7 Å². The van der Waals surface area contributed by atoms with Crippen LogP contribution in [0.1, 0.15) is 78.6 Å². The quantitative estimate of drug-likeness (QED) is 0.0451. The van der Waals surface area contributed by atoms with E-state index in [0.717, 1.165) is 6.42 Å². The molecule has 0 bridgehead atoms. The molecule has 0 spiro atoms. The Hall–Kier alpha value is -7.30. The number of carbonyl (C=O) groups excluding carboxylic acids is 2. The van der Waals surface area contributed by atoms with Gasteiger partial charge in [0.05, 0.1) is 69.1 Å². The van der Waals surface area contributed by atoms with E-state index in [9.17, 15) is 115 Å².